The van der Waals surface area contributed by atoms with Gasteiger partial charge in [-0.05, 0) is 25.0 Å². The summed E-state index contributed by atoms with van der Waals surface area (Å²) in [7, 11) is 0. The van der Waals surface area contributed by atoms with E-state index in [1.807, 2.05) is 35.8 Å². The summed E-state index contributed by atoms with van der Waals surface area (Å²) in [5, 5.41) is 15.0. The third kappa shape index (κ3) is 3.76. The molecule has 1 unspecified atom stereocenters. The van der Waals surface area contributed by atoms with Crippen LogP contribution in [0.4, 0.5) is 5.95 Å². The second kappa shape index (κ2) is 7.26. The monoisotopic (exact) mass is 304 g/mol. The van der Waals surface area contributed by atoms with Crippen LogP contribution in [0.25, 0.3) is 11.0 Å². The Labute approximate surface area is 130 Å². The van der Waals surface area contributed by atoms with E-state index in [9.17, 15) is 4.79 Å². The number of para-hydroxylation sites is 2. The Balaban J connectivity index is 2.22. The lowest BCUT2D eigenvalue weighted by atomic mass is 10.1. The van der Waals surface area contributed by atoms with Gasteiger partial charge in [-0.2, -0.15) is 0 Å². The zero-order valence-corrected chi connectivity index (χ0v) is 13.3. The Morgan fingerprint density at radius 1 is 1.32 bits per heavy atom. The van der Waals surface area contributed by atoms with Crippen LogP contribution in [0.5, 0.6) is 0 Å². The van der Waals surface area contributed by atoms with Crippen molar-refractivity contribution in [1.29, 1.82) is 0 Å². The van der Waals surface area contributed by atoms with Crippen LogP contribution in [0, 0.1) is 5.92 Å². The van der Waals surface area contributed by atoms with E-state index in [2.05, 4.69) is 29.5 Å². The van der Waals surface area contributed by atoms with E-state index >= 15 is 0 Å². The van der Waals surface area contributed by atoms with Gasteiger partial charge < -0.3 is 20.3 Å². The number of hydrogen-bond acceptors (Lipinski definition) is 4. The molecule has 0 saturated heterocycles. The van der Waals surface area contributed by atoms with Gasteiger partial charge in [0.05, 0.1) is 17.6 Å². The summed E-state index contributed by atoms with van der Waals surface area (Å²) in [6.45, 7) is 6.76. The van der Waals surface area contributed by atoms with Crippen LogP contribution in [-0.4, -0.2) is 39.8 Å². The molecule has 3 N–H and O–H groups in total. The van der Waals surface area contributed by atoms with Crippen LogP contribution >= 0.6 is 0 Å². The molecular formula is C16H24N4O2. The number of nitrogens with one attached hydrogen (secondary N) is 2. The largest absolute Gasteiger partial charge is 0.395 e. The number of aliphatic hydroxyl groups is 1. The van der Waals surface area contributed by atoms with Crippen LogP contribution in [-0.2, 0) is 11.3 Å². The maximum Gasteiger partial charge on any atom is 0.240 e. The molecule has 1 aromatic heterocycles. The predicted octanol–water partition coefficient (Wildman–Crippen LogP) is 1.60. The highest BCUT2D eigenvalue weighted by atomic mass is 16.3. The van der Waals surface area contributed by atoms with Crippen molar-refractivity contribution < 1.29 is 9.90 Å². The molecular weight excluding hydrogens is 280 g/mol. The summed E-state index contributed by atoms with van der Waals surface area (Å²) in [4.78, 5) is 16.7. The zero-order valence-electron chi connectivity index (χ0n) is 13.3. The smallest absolute Gasteiger partial charge is 0.240 e. The molecule has 0 aliphatic heterocycles. The first kappa shape index (κ1) is 16.3. The van der Waals surface area contributed by atoms with E-state index < -0.39 is 0 Å². The van der Waals surface area contributed by atoms with Gasteiger partial charge in [-0.1, -0.05) is 26.0 Å². The number of hydrogen-bond donors (Lipinski definition) is 3. The molecule has 0 aliphatic carbocycles. The second-order valence-corrected chi connectivity index (χ2v) is 5.76. The lowest BCUT2D eigenvalue weighted by Gasteiger charge is -2.18. The quantitative estimate of drug-likeness (QED) is 0.726. The molecule has 1 amide bonds. The molecule has 0 radical (unpaired) electrons. The minimum absolute atomic E-state index is 0.0137. The van der Waals surface area contributed by atoms with Gasteiger partial charge >= 0.3 is 0 Å². The summed E-state index contributed by atoms with van der Waals surface area (Å²) < 4.78 is 1.84. The van der Waals surface area contributed by atoms with Crippen LogP contribution in [0.15, 0.2) is 24.3 Å². The molecule has 1 aromatic carbocycles. The number of aromatic nitrogens is 2. The topological polar surface area (TPSA) is 79.2 Å². The van der Waals surface area contributed by atoms with Gasteiger partial charge in [0.15, 0.2) is 0 Å². The fourth-order valence-electron chi connectivity index (χ4n) is 2.15. The first-order chi connectivity index (χ1) is 10.5. The van der Waals surface area contributed by atoms with E-state index in [1.165, 1.54) is 0 Å². The van der Waals surface area contributed by atoms with Gasteiger partial charge in [-0.25, -0.2) is 4.98 Å². The molecule has 6 nitrogen and oxygen atoms in total. The number of amides is 1. The number of benzene rings is 1. The molecule has 2 rings (SSSR count). The Morgan fingerprint density at radius 3 is 2.73 bits per heavy atom. The van der Waals surface area contributed by atoms with Crippen LogP contribution in [0.1, 0.15) is 20.8 Å². The summed E-state index contributed by atoms with van der Waals surface area (Å²) in [6.07, 6.45) is 0. The summed E-state index contributed by atoms with van der Waals surface area (Å²) in [5.74, 6) is 0.939. The van der Waals surface area contributed by atoms with Gasteiger partial charge in [0, 0.05) is 12.6 Å². The minimum atomic E-state index is -0.0450. The summed E-state index contributed by atoms with van der Waals surface area (Å²) in [6, 6.07) is 7.80. The molecule has 2 aromatic rings. The Hall–Kier alpha value is -2.08. The maximum absolute atomic E-state index is 12.3. The molecule has 0 saturated carbocycles. The molecule has 22 heavy (non-hydrogen) atoms. The van der Waals surface area contributed by atoms with Gasteiger partial charge in [-0.15, -0.1) is 0 Å². The predicted molar refractivity (Wildman–Crippen MR) is 87.8 cm³/mol. The van der Waals surface area contributed by atoms with Gasteiger partial charge in [0.1, 0.15) is 6.54 Å². The highest BCUT2D eigenvalue weighted by Gasteiger charge is 2.15. The molecule has 0 bridgehead atoms. The first-order valence-electron chi connectivity index (χ1n) is 7.62. The molecule has 120 valence electrons. The lowest BCUT2D eigenvalue weighted by Crippen LogP contribution is -2.38. The molecule has 0 aliphatic rings. The zero-order chi connectivity index (χ0) is 16.1. The van der Waals surface area contributed by atoms with E-state index in [0.717, 1.165) is 11.0 Å². The van der Waals surface area contributed by atoms with Crippen molar-refractivity contribution in [3.8, 4) is 0 Å². The maximum atomic E-state index is 12.3. The number of fused-ring (bicyclic) bond motifs is 1. The number of imidazole rings is 1. The lowest BCUT2D eigenvalue weighted by molar-refractivity contribution is -0.122. The van der Waals surface area contributed by atoms with Crippen molar-refractivity contribution in [2.45, 2.75) is 33.4 Å². The molecule has 6 heteroatoms. The van der Waals surface area contributed by atoms with E-state index in [4.69, 9.17) is 5.11 Å². The normalized spacial score (nSPS) is 12.6. The number of rotatable bonds is 7. The standard InChI is InChI=1S/C16H24N4O2/c1-11(2)12(3)18-15(22)10-20-14-7-5-4-6-13(14)19-16(20)17-8-9-21/h4-7,11-12,21H,8-10H2,1-3H3,(H,17,19)(H,18,22). The van der Waals surface area contributed by atoms with Crippen LogP contribution in [0.2, 0.25) is 0 Å². The number of anilines is 1. The number of carbonyl (C=O) groups is 1. The third-order valence-corrected chi connectivity index (χ3v) is 3.74. The van der Waals surface area contributed by atoms with Crippen molar-refractivity contribution in [1.82, 2.24) is 14.9 Å². The average Bonchev–Trinajstić information content (AvgIpc) is 2.83. The van der Waals surface area contributed by atoms with Crippen molar-refractivity contribution in [3.63, 3.8) is 0 Å². The molecule has 1 heterocycles. The Kier molecular flexibility index (Phi) is 5.38. The minimum Gasteiger partial charge on any atom is -0.395 e. The third-order valence-electron chi connectivity index (χ3n) is 3.74. The highest BCUT2D eigenvalue weighted by molar-refractivity contribution is 5.83. The van der Waals surface area contributed by atoms with E-state index in [-0.39, 0.29) is 25.1 Å². The SMILES string of the molecule is CC(C)C(C)NC(=O)Cn1c(NCCO)nc2ccccc21. The van der Waals surface area contributed by atoms with Crippen LogP contribution in [0.3, 0.4) is 0 Å². The molecule has 0 fully saturated rings. The van der Waals surface area contributed by atoms with E-state index in [0.29, 0.717) is 18.4 Å². The number of carbonyl (C=O) groups excluding carboxylic acids is 1. The van der Waals surface area contributed by atoms with Crippen molar-refractivity contribution in [2.24, 2.45) is 5.92 Å². The fourth-order valence-corrected chi connectivity index (χ4v) is 2.15. The summed E-state index contributed by atoms with van der Waals surface area (Å²) in [5.41, 5.74) is 1.72. The molecule has 0 spiro atoms. The summed E-state index contributed by atoms with van der Waals surface area (Å²) >= 11 is 0. The van der Waals surface area contributed by atoms with Gasteiger partial charge in [0.25, 0.3) is 0 Å². The Morgan fingerprint density at radius 2 is 2.05 bits per heavy atom. The van der Waals surface area contributed by atoms with Gasteiger partial charge in [-0.3, -0.25) is 4.79 Å². The van der Waals surface area contributed by atoms with Gasteiger partial charge in [0.2, 0.25) is 11.9 Å². The average molecular weight is 304 g/mol. The van der Waals surface area contributed by atoms with E-state index in [1.54, 1.807) is 0 Å². The highest BCUT2D eigenvalue weighted by Crippen LogP contribution is 2.19. The molecule has 1 atom stereocenters. The second-order valence-electron chi connectivity index (χ2n) is 5.76. The first-order valence-corrected chi connectivity index (χ1v) is 7.62. The van der Waals surface area contributed by atoms with Crippen LogP contribution < -0.4 is 10.6 Å². The van der Waals surface area contributed by atoms with Crippen molar-refractivity contribution in [3.05, 3.63) is 24.3 Å². The fraction of sp³-hybridized carbons (Fsp3) is 0.500. The number of aliphatic hydroxyl groups excluding tert-OH is 1. The number of nitrogens with zero attached hydrogens (tertiary/aromatic N) is 2. The van der Waals surface area contributed by atoms with Crippen molar-refractivity contribution >= 4 is 22.9 Å². The van der Waals surface area contributed by atoms with Crippen molar-refractivity contribution in [2.75, 3.05) is 18.5 Å². The Bertz CT molecular complexity index is 636.